The lowest BCUT2D eigenvalue weighted by Crippen LogP contribution is -2.31. The van der Waals surface area contributed by atoms with Crippen LogP contribution >= 0.6 is 0 Å². The molecular weight excluding hydrogens is 399 g/mol. The summed E-state index contributed by atoms with van der Waals surface area (Å²) in [7, 11) is 1.35. The zero-order chi connectivity index (χ0) is 22.0. The average molecular weight is 418 g/mol. The molecule has 6 nitrogen and oxygen atoms in total. The van der Waals surface area contributed by atoms with E-state index in [1.54, 1.807) is 0 Å². The number of benzene rings is 3. The van der Waals surface area contributed by atoms with Crippen LogP contribution in [0.4, 0.5) is 10.1 Å². The van der Waals surface area contributed by atoms with Crippen LogP contribution < -0.4 is 10.1 Å². The number of carbonyl (C=O) groups excluding carboxylic acids is 3. The molecule has 3 amide bonds. The van der Waals surface area contributed by atoms with Crippen molar-refractivity contribution in [2.75, 3.05) is 19.0 Å². The minimum absolute atomic E-state index is 0.0650. The van der Waals surface area contributed by atoms with Gasteiger partial charge in [0.15, 0.2) is 11.6 Å². The van der Waals surface area contributed by atoms with Crippen molar-refractivity contribution in [1.82, 2.24) is 4.90 Å². The Bertz CT molecular complexity index is 1180. The molecule has 3 aromatic rings. The molecule has 0 fully saturated rings. The van der Waals surface area contributed by atoms with Crippen molar-refractivity contribution in [1.29, 1.82) is 0 Å². The van der Waals surface area contributed by atoms with E-state index in [2.05, 4.69) is 5.32 Å². The molecule has 4 rings (SSSR count). The number of nitrogens with zero attached hydrogens (tertiary/aromatic N) is 1. The number of nitrogens with one attached hydrogen (secondary N) is 1. The number of anilines is 1. The first-order valence-electron chi connectivity index (χ1n) is 9.67. The molecule has 1 aliphatic heterocycles. The minimum Gasteiger partial charge on any atom is -0.494 e. The molecule has 0 saturated carbocycles. The van der Waals surface area contributed by atoms with Crippen molar-refractivity contribution in [2.24, 2.45) is 0 Å². The smallest absolute Gasteiger partial charge is 0.261 e. The number of fused-ring (bicyclic) bond motifs is 1. The lowest BCUT2D eigenvalue weighted by molar-refractivity contribution is 0.0656. The fraction of sp³-hybridized carbons (Fsp3) is 0.125. The Morgan fingerprint density at radius 2 is 1.71 bits per heavy atom. The van der Waals surface area contributed by atoms with Gasteiger partial charge >= 0.3 is 0 Å². The molecule has 31 heavy (non-hydrogen) atoms. The normalized spacial score (nSPS) is 12.6. The van der Waals surface area contributed by atoms with Crippen molar-refractivity contribution < 1.29 is 23.5 Å². The summed E-state index contributed by atoms with van der Waals surface area (Å²) >= 11 is 0. The Balaban J connectivity index is 1.50. The highest BCUT2D eigenvalue weighted by molar-refractivity contribution is 6.22. The van der Waals surface area contributed by atoms with Crippen LogP contribution in [0.15, 0.2) is 66.7 Å². The summed E-state index contributed by atoms with van der Waals surface area (Å²) in [5.74, 6) is -1.86. The zero-order valence-corrected chi connectivity index (χ0v) is 16.7. The van der Waals surface area contributed by atoms with Crippen molar-refractivity contribution in [3.63, 3.8) is 0 Å². The second kappa shape index (κ2) is 8.39. The van der Waals surface area contributed by atoms with Gasteiger partial charge in [0, 0.05) is 23.9 Å². The van der Waals surface area contributed by atoms with E-state index < -0.39 is 17.6 Å². The highest BCUT2D eigenvalue weighted by atomic mass is 19.1. The van der Waals surface area contributed by atoms with Crippen LogP contribution in [0.25, 0.3) is 0 Å². The molecule has 0 aromatic heterocycles. The van der Waals surface area contributed by atoms with Gasteiger partial charge in [-0.3, -0.25) is 19.3 Å². The minimum atomic E-state index is -0.607. The van der Waals surface area contributed by atoms with Crippen LogP contribution in [0.3, 0.4) is 0 Å². The third-order valence-electron chi connectivity index (χ3n) is 5.11. The maximum absolute atomic E-state index is 13.9. The fourth-order valence-electron chi connectivity index (χ4n) is 3.47. The van der Waals surface area contributed by atoms with E-state index in [4.69, 9.17) is 4.74 Å². The monoisotopic (exact) mass is 418 g/mol. The van der Waals surface area contributed by atoms with Crippen LogP contribution in [0.5, 0.6) is 5.75 Å². The number of halogens is 1. The Kier molecular flexibility index (Phi) is 5.49. The zero-order valence-electron chi connectivity index (χ0n) is 16.7. The third kappa shape index (κ3) is 4.02. The first-order chi connectivity index (χ1) is 15.0. The molecule has 0 aliphatic carbocycles. The number of methoxy groups -OCH3 is 1. The predicted molar refractivity (Wildman–Crippen MR) is 113 cm³/mol. The van der Waals surface area contributed by atoms with Crippen LogP contribution in [0.2, 0.25) is 0 Å². The number of hydrogen-bond donors (Lipinski definition) is 1. The Morgan fingerprint density at radius 1 is 0.968 bits per heavy atom. The van der Waals surface area contributed by atoms with Gasteiger partial charge in [-0.25, -0.2) is 4.39 Å². The summed E-state index contributed by atoms with van der Waals surface area (Å²) in [5.41, 5.74) is 1.92. The predicted octanol–water partition coefficient (Wildman–Crippen LogP) is 3.93. The Morgan fingerprint density at radius 3 is 2.42 bits per heavy atom. The molecule has 1 aliphatic rings. The molecule has 1 heterocycles. The van der Waals surface area contributed by atoms with Gasteiger partial charge in [-0.05, 0) is 42.3 Å². The van der Waals surface area contributed by atoms with Crippen molar-refractivity contribution in [3.8, 4) is 5.75 Å². The number of hydrogen-bond acceptors (Lipinski definition) is 4. The lowest BCUT2D eigenvalue weighted by atomic mass is 10.1. The number of carbonyl (C=O) groups is 3. The number of rotatable bonds is 6. The molecule has 3 aromatic carbocycles. The Hall–Kier alpha value is -4.00. The second-order valence-electron chi connectivity index (χ2n) is 7.06. The molecular formula is C24H19FN2O4. The molecule has 1 N–H and O–H groups in total. The van der Waals surface area contributed by atoms with Gasteiger partial charge in [0.2, 0.25) is 0 Å². The maximum Gasteiger partial charge on any atom is 0.261 e. The van der Waals surface area contributed by atoms with E-state index in [1.807, 2.05) is 30.3 Å². The van der Waals surface area contributed by atoms with Gasteiger partial charge in [0.05, 0.1) is 18.2 Å². The van der Waals surface area contributed by atoms with Crippen LogP contribution in [0, 0.1) is 5.82 Å². The van der Waals surface area contributed by atoms with E-state index in [1.165, 1.54) is 42.3 Å². The number of imide groups is 1. The van der Waals surface area contributed by atoms with Gasteiger partial charge in [0.1, 0.15) is 0 Å². The first kappa shape index (κ1) is 20.3. The average Bonchev–Trinajstić information content (AvgIpc) is 3.02. The molecule has 156 valence electrons. The maximum atomic E-state index is 13.9. The van der Waals surface area contributed by atoms with Crippen molar-refractivity contribution in [2.45, 2.75) is 6.42 Å². The van der Waals surface area contributed by atoms with Gasteiger partial charge in [-0.15, -0.1) is 0 Å². The molecule has 0 radical (unpaired) electrons. The number of ether oxygens (including phenoxy) is 1. The molecule has 7 heteroatoms. The summed E-state index contributed by atoms with van der Waals surface area (Å²) < 4.78 is 18.7. The molecule has 0 spiro atoms. The van der Waals surface area contributed by atoms with Crippen LogP contribution in [-0.4, -0.2) is 36.3 Å². The van der Waals surface area contributed by atoms with Gasteiger partial charge < -0.3 is 10.1 Å². The summed E-state index contributed by atoms with van der Waals surface area (Å²) in [6, 6.07) is 18.0. The molecule has 0 bridgehead atoms. The standard InChI is InChI=1S/C24H19FN2O4/c1-31-21-10-8-17(14-20(21)25)26-22(28)16-7-9-18-19(13-16)24(30)27(23(18)29)12-11-15-5-3-2-4-6-15/h2-10,13-14H,11-12H2,1H3,(H,26,28). The summed E-state index contributed by atoms with van der Waals surface area (Å²) in [6.45, 7) is 0.253. The van der Waals surface area contributed by atoms with Crippen LogP contribution in [0.1, 0.15) is 36.6 Å². The summed E-state index contributed by atoms with van der Waals surface area (Å²) in [6.07, 6.45) is 0.544. The topological polar surface area (TPSA) is 75.7 Å². The second-order valence-corrected chi connectivity index (χ2v) is 7.06. The quantitative estimate of drug-likeness (QED) is 0.616. The van der Waals surface area contributed by atoms with E-state index in [0.29, 0.717) is 6.42 Å². The highest BCUT2D eigenvalue weighted by Gasteiger charge is 2.35. The Labute approximate surface area is 178 Å². The third-order valence-corrected chi connectivity index (χ3v) is 5.11. The lowest BCUT2D eigenvalue weighted by Gasteiger charge is -2.13. The van der Waals surface area contributed by atoms with E-state index in [-0.39, 0.29) is 40.6 Å². The van der Waals surface area contributed by atoms with Crippen LogP contribution in [-0.2, 0) is 6.42 Å². The van der Waals surface area contributed by atoms with Gasteiger partial charge in [-0.2, -0.15) is 0 Å². The van der Waals surface area contributed by atoms with Gasteiger partial charge in [-0.1, -0.05) is 30.3 Å². The van der Waals surface area contributed by atoms with Gasteiger partial charge in [0.25, 0.3) is 17.7 Å². The number of amides is 3. The molecule has 0 unspecified atom stereocenters. The highest BCUT2D eigenvalue weighted by Crippen LogP contribution is 2.25. The van der Waals surface area contributed by atoms with E-state index in [0.717, 1.165) is 11.6 Å². The summed E-state index contributed by atoms with van der Waals surface area (Å²) in [5, 5.41) is 2.58. The fourth-order valence-corrected chi connectivity index (χ4v) is 3.47. The van der Waals surface area contributed by atoms with Crippen molar-refractivity contribution in [3.05, 3.63) is 94.8 Å². The van der Waals surface area contributed by atoms with E-state index >= 15 is 0 Å². The van der Waals surface area contributed by atoms with Crippen molar-refractivity contribution >= 4 is 23.4 Å². The largest absolute Gasteiger partial charge is 0.494 e. The summed E-state index contributed by atoms with van der Waals surface area (Å²) in [4.78, 5) is 39.2. The molecule has 0 atom stereocenters. The van der Waals surface area contributed by atoms with E-state index in [9.17, 15) is 18.8 Å². The SMILES string of the molecule is COc1ccc(NC(=O)c2ccc3c(c2)C(=O)N(CCc2ccccc2)C3=O)cc1F. The molecule has 0 saturated heterocycles. The first-order valence-corrected chi connectivity index (χ1v) is 9.67.